The zero-order valence-corrected chi connectivity index (χ0v) is 21.7. The third-order valence-electron chi connectivity index (χ3n) is 6.40. The molecule has 2 aromatic carbocycles. The van der Waals surface area contributed by atoms with Crippen molar-refractivity contribution < 1.29 is 19.1 Å². The monoisotopic (exact) mass is 521 g/mol. The summed E-state index contributed by atoms with van der Waals surface area (Å²) in [5, 5.41) is 3.14. The van der Waals surface area contributed by atoms with Crippen molar-refractivity contribution in [3.63, 3.8) is 0 Å². The number of hydrogen-bond donors (Lipinski definition) is 3. The van der Waals surface area contributed by atoms with Crippen molar-refractivity contribution in [2.75, 3.05) is 17.2 Å². The fourth-order valence-corrected chi connectivity index (χ4v) is 5.25. The first-order valence-electron chi connectivity index (χ1n) is 12.3. The number of nitrogens with one attached hydrogen (secondary N) is 1. The van der Waals surface area contributed by atoms with E-state index in [0.29, 0.717) is 23.6 Å². The summed E-state index contributed by atoms with van der Waals surface area (Å²) in [5.74, 6) is -1.04. The van der Waals surface area contributed by atoms with Gasteiger partial charge in [-0.2, -0.15) is 4.37 Å². The number of primary amides is 1. The molecule has 1 atom stereocenters. The molecule has 1 saturated carbocycles. The number of benzene rings is 2. The first-order chi connectivity index (χ1) is 17.8. The number of carbonyl (C=O) groups excluding carboxylic acids is 3. The number of nitrogens with two attached hydrogens (primary N) is 2. The Kier molecular flexibility index (Phi) is 8.08. The summed E-state index contributed by atoms with van der Waals surface area (Å²) in [5.41, 5.74) is 13.4. The van der Waals surface area contributed by atoms with Crippen LogP contribution in [-0.4, -0.2) is 34.7 Å². The van der Waals surface area contributed by atoms with Gasteiger partial charge in [0.2, 0.25) is 5.91 Å². The lowest BCUT2D eigenvalue weighted by atomic mass is 10.0. The Balaban J connectivity index is 1.83. The molecule has 0 aliphatic heterocycles. The van der Waals surface area contributed by atoms with Gasteiger partial charge in [0.05, 0.1) is 12.3 Å². The largest absolute Gasteiger partial charge is 0.494 e. The van der Waals surface area contributed by atoms with Gasteiger partial charge in [0.25, 0.3) is 11.8 Å². The number of rotatable bonds is 9. The molecule has 1 heterocycles. The molecular formula is C27H31N5O4S. The Hall–Kier alpha value is -3.92. The van der Waals surface area contributed by atoms with Crippen molar-refractivity contribution >= 4 is 40.6 Å². The molecule has 0 radical (unpaired) electrons. The van der Waals surface area contributed by atoms with E-state index >= 15 is 0 Å². The van der Waals surface area contributed by atoms with E-state index in [2.05, 4.69) is 9.69 Å². The molecule has 1 aliphatic rings. The number of nitrogen functional groups attached to an aromatic ring is 1. The SMILES string of the molecule is CCOc1ccc(N(C(=O)c2snc(C(N)=O)c2N)[C@H](C(=O)NC2CCCC2)c2ccc(C)cc2)cc1. The van der Waals surface area contributed by atoms with Crippen molar-refractivity contribution in [1.82, 2.24) is 9.69 Å². The average molecular weight is 522 g/mol. The highest BCUT2D eigenvalue weighted by Crippen LogP contribution is 2.34. The number of ether oxygens (including phenoxy) is 1. The molecule has 9 nitrogen and oxygen atoms in total. The molecule has 3 aromatic rings. The Morgan fingerprint density at radius 2 is 1.76 bits per heavy atom. The minimum absolute atomic E-state index is 0.0356. The van der Waals surface area contributed by atoms with Crippen LogP contribution in [0.15, 0.2) is 48.5 Å². The fourth-order valence-electron chi connectivity index (χ4n) is 4.51. The first-order valence-corrected chi connectivity index (χ1v) is 13.1. The first kappa shape index (κ1) is 26.2. The minimum atomic E-state index is -0.995. The number of anilines is 2. The predicted octanol–water partition coefficient (Wildman–Crippen LogP) is 3.98. The van der Waals surface area contributed by atoms with Crippen molar-refractivity contribution in [2.45, 2.75) is 51.6 Å². The summed E-state index contributed by atoms with van der Waals surface area (Å²) in [6.45, 7) is 4.33. The van der Waals surface area contributed by atoms with E-state index in [1.54, 1.807) is 24.3 Å². The highest BCUT2D eigenvalue weighted by atomic mass is 32.1. The summed E-state index contributed by atoms with van der Waals surface area (Å²) in [6, 6.07) is 13.5. The van der Waals surface area contributed by atoms with E-state index in [0.717, 1.165) is 42.8 Å². The van der Waals surface area contributed by atoms with Gasteiger partial charge in [0, 0.05) is 11.7 Å². The van der Waals surface area contributed by atoms with Crippen LogP contribution in [0.1, 0.15) is 69.9 Å². The number of carbonyl (C=O) groups is 3. The third-order valence-corrected chi connectivity index (χ3v) is 7.25. The molecule has 0 bridgehead atoms. The van der Waals surface area contributed by atoms with Crippen LogP contribution in [0, 0.1) is 6.92 Å². The van der Waals surface area contributed by atoms with Crippen molar-refractivity contribution in [2.24, 2.45) is 5.73 Å². The van der Waals surface area contributed by atoms with E-state index in [4.69, 9.17) is 16.2 Å². The number of hydrogen-bond acceptors (Lipinski definition) is 7. The third kappa shape index (κ3) is 5.75. The van der Waals surface area contributed by atoms with Gasteiger partial charge in [0.15, 0.2) is 5.69 Å². The molecule has 1 aliphatic carbocycles. The maximum absolute atomic E-state index is 14.1. The van der Waals surface area contributed by atoms with Gasteiger partial charge < -0.3 is 21.5 Å². The van der Waals surface area contributed by atoms with E-state index in [1.807, 2.05) is 38.1 Å². The fraction of sp³-hybridized carbons (Fsp3) is 0.333. The Morgan fingerprint density at radius 1 is 1.11 bits per heavy atom. The number of aryl methyl sites for hydroxylation is 1. The predicted molar refractivity (Wildman–Crippen MR) is 144 cm³/mol. The van der Waals surface area contributed by atoms with Gasteiger partial charge in [-0.15, -0.1) is 0 Å². The normalized spacial score (nSPS) is 14.2. The highest BCUT2D eigenvalue weighted by molar-refractivity contribution is 7.09. The molecule has 0 unspecified atom stereocenters. The second kappa shape index (κ2) is 11.4. The molecule has 3 amide bonds. The van der Waals surface area contributed by atoms with Gasteiger partial charge in [-0.3, -0.25) is 19.3 Å². The molecule has 0 spiro atoms. The molecule has 1 fully saturated rings. The molecular weight excluding hydrogens is 490 g/mol. The van der Waals surface area contributed by atoms with Crippen LogP contribution < -0.4 is 26.4 Å². The van der Waals surface area contributed by atoms with Crippen LogP contribution in [0.25, 0.3) is 0 Å². The molecule has 1 aromatic heterocycles. The maximum atomic E-state index is 14.1. The molecule has 10 heteroatoms. The highest BCUT2D eigenvalue weighted by Gasteiger charge is 2.37. The van der Waals surface area contributed by atoms with Crippen LogP contribution in [0.5, 0.6) is 5.75 Å². The Labute approximate surface area is 220 Å². The Morgan fingerprint density at radius 3 is 2.32 bits per heavy atom. The van der Waals surface area contributed by atoms with Gasteiger partial charge in [-0.05, 0) is 68.1 Å². The summed E-state index contributed by atoms with van der Waals surface area (Å²) in [7, 11) is 0. The van der Waals surface area contributed by atoms with E-state index in [-0.39, 0.29) is 28.2 Å². The molecule has 5 N–H and O–H groups in total. The van der Waals surface area contributed by atoms with Crippen LogP contribution in [0.2, 0.25) is 0 Å². The minimum Gasteiger partial charge on any atom is -0.494 e. The zero-order chi connectivity index (χ0) is 26.5. The van der Waals surface area contributed by atoms with Crippen molar-refractivity contribution in [3.05, 3.63) is 70.2 Å². The quantitative estimate of drug-likeness (QED) is 0.389. The second-order valence-electron chi connectivity index (χ2n) is 9.04. The van der Waals surface area contributed by atoms with Crippen LogP contribution >= 0.6 is 11.5 Å². The summed E-state index contributed by atoms with van der Waals surface area (Å²) in [4.78, 5) is 41.2. The average Bonchev–Trinajstić information content (AvgIpc) is 3.53. The second-order valence-corrected chi connectivity index (χ2v) is 9.82. The van der Waals surface area contributed by atoms with Crippen molar-refractivity contribution in [1.29, 1.82) is 0 Å². The summed E-state index contributed by atoms with van der Waals surface area (Å²) < 4.78 is 9.56. The van der Waals surface area contributed by atoms with E-state index in [9.17, 15) is 14.4 Å². The van der Waals surface area contributed by atoms with E-state index < -0.39 is 17.9 Å². The lowest BCUT2D eigenvalue weighted by Gasteiger charge is -2.32. The molecule has 0 saturated heterocycles. The summed E-state index contributed by atoms with van der Waals surface area (Å²) >= 11 is 0.783. The van der Waals surface area contributed by atoms with Gasteiger partial charge >= 0.3 is 0 Å². The Bertz CT molecular complexity index is 1270. The molecule has 37 heavy (non-hydrogen) atoms. The lowest BCUT2D eigenvalue weighted by molar-refractivity contribution is -0.123. The lowest BCUT2D eigenvalue weighted by Crippen LogP contribution is -2.46. The number of nitrogens with zero attached hydrogens (tertiary/aromatic N) is 2. The standard InChI is InChI=1S/C27H31N5O4S/c1-3-36-20-14-12-19(13-15-20)32(27(35)24-21(28)22(25(29)33)31-37-24)23(17-10-8-16(2)9-11-17)26(34)30-18-6-4-5-7-18/h8-15,18,23H,3-7,28H2,1-2H3,(H2,29,33)(H,30,34)/t23-/m0/s1. The van der Waals surface area contributed by atoms with Crippen molar-refractivity contribution in [3.8, 4) is 5.75 Å². The van der Waals surface area contributed by atoms with Gasteiger partial charge in [0.1, 0.15) is 16.7 Å². The van der Waals surface area contributed by atoms with Crippen LogP contribution in [0.3, 0.4) is 0 Å². The smallest absolute Gasteiger partial charge is 0.273 e. The van der Waals surface area contributed by atoms with E-state index in [1.165, 1.54) is 4.90 Å². The number of amides is 3. The molecule has 4 rings (SSSR count). The maximum Gasteiger partial charge on any atom is 0.273 e. The topological polar surface area (TPSA) is 141 Å². The molecule has 194 valence electrons. The van der Waals surface area contributed by atoms with Gasteiger partial charge in [-0.1, -0.05) is 42.7 Å². The zero-order valence-electron chi connectivity index (χ0n) is 20.9. The number of aromatic nitrogens is 1. The summed E-state index contributed by atoms with van der Waals surface area (Å²) in [6.07, 6.45) is 3.89. The van der Waals surface area contributed by atoms with Gasteiger partial charge in [-0.25, -0.2) is 0 Å². The van der Waals surface area contributed by atoms with Crippen LogP contribution in [-0.2, 0) is 4.79 Å². The van der Waals surface area contributed by atoms with Crippen LogP contribution in [0.4, 0.5) is 11.4 Å².